The summed E-state index contributed by atoms with van der Waals surface area (Å²) in [6, 6.07) is 15.6. The zero-order valence-corrected chi connectivity index (χ0v) is 9.90. The van der Waals surface area contributed by atoms with Crippen molar-refractivity contribution in [3.63, 3.8) is 0 Å². The summed E-state index contributed by atoms with van der Waals surface area (Å²) in [6.07, 6.45) is 0.491. The van der Waals surface area contributed by atoms with Gasteiger partial charge < -0.3 is 5.32 Å². The molecular weight excluding hydrogens is 229 g/mol. The van der Waals surface area contributed by atoms with Crippen molar-refractivity contribution in [3.8, 4) is 0 Å². The molecule has 0 aliphatic carbocycles. The smallest absolute Gasteiger partial charge is 0.251 e. The number of hydrogen-bond acceptors (Lipinski definition) is 1. The van der Waals surface area contributed by atoms with Crippen LogP contribution in [-0.4, -0.2) is 12.5 Å². The number of carbonyl (C=O) groups excluding carboxylic acids is 1. The zero-order valence-electron chi connectivity index (χ0n) is 9.90. The van der Waals surface area contributed by atoms with Crippen molar-refractivity contribution in [1.82, 2.24) is 5.32 Å². The van der Waals surface area contributed by atoms with Crippen LogP contribution < -0.4 is 5.32 Å². The highest BCUT2D eigenvalue weighted by Crippen LogP contribution is 2.06. The minimum absolute atomic E-state index is 0.132. The predicted molar refractivity (Wildman–Crippen MR) is 68.9 cm³/mol. The molecule has 2 aromatic rings. The van der Waals surface area contributed by atoms with Gasteiger partial charge in [0.15, 0.2) is 0 Å². The fourth-order valence-electron chi connectivity index (χ4n) is 1.70. The van der Waals surface area contributed by atoms with Gasteiger partial charge in [-0.3, -0.25) is 4.79 Å². The fraction of sp³-hybridized carbons (Fsp3) is 0.133. The van der Waals surface area contributed by atoms with Crippen LogP contribution in [0.2, 0.25) is 0 Å². The Morgan fingerprint density at radius 3 is 2.39 bits per heavy atom. The molecule has 0 saturated carbocycles. The molecule has 0 unspecified atom stereocenters. The average molecular weight is 243 g/mol. The van der Waals surface area contributed by atoms with Gasteiger partial charge in [-0.05, 0) is 30.2 Å². The van der Waals surface area contributed by atoms with E-state index >= 15 is 0 Å². The second-order valence-corrected chi connectivity index (χ2v) is 3.96. The topological polar surface area (TPSA) is 29.1 Å². The number of benzene rings is 2. The van der Waals surface area contributed by atoms with Crippen molar-refractivity contribution in [2.45, 2.75) is 6.42 Å². The van der Waals surface area contributed by atoms with Crippen LogP contribution in [-0.2, 0) is 6.42 Å². The van der Waals surface area contributed by atoms with Crippen LogP contribution in [0.4, 0.5) is 4.39 Å². The van der Waals surface area contributed by atoms with Gasteiger partial charge in [-0.1, -0.05) is 36.4 Å². The third-order valence-corrected chi connectivity index (χ3v) is 2.67. The van der Waals surface area contributed by atoms with Gasteiger partial charge in [-0.2, -0.15) is 0 Å². The first kappa shape index (κ1) is 12.3. The van der Waals surface area contributed by atoms with Gasteiger partial charge in [0.05, 0.1) is 0 Å². The fourth-order valence-corrected chi connectivity index (χ4v) is 1.70. The molecule has 0 radical (unpaired) electrons. The van der Waals surface area contributed by atoms with Crippen LogP contribution in [0.5, 0.6) is 0 Å². The number of nitrogens with one attached hydrogen (secondary N) is 1. The Labute approximate surface area is 105 Å². The SMILES string of the molecule is O=C(NCCc1ccccc1F)c1ccccc1. The van der Waals surface area contributed by atoms with E-state index in [2.05, 4.69) is 5.32 Å². The Hall–Kier alpha value is -2.16. The Kier molecular flexibility index (Phi) is 4.07. The average Bonchev–Trinajstić information content (AvgIpc) is 2.42. The lowest BCUT2D eigenvalue weighted by atomic mass is 10.1. The Bertz CT molecular complexity index is 525. The molecule has 0 aliphatic heterocycles. The molecule has 92 valence electrons. The summed E-state index contributed by atoms with van der Waals surface area (Å²) < 4.78 is 13.3. The molecule has 0 spiro atoms. The van der Waals surface area contributed by atoms with Crippen molar-refractivity contribution >= 4 is 5.91 Å². The van der Waals surface area contributed by atoms with Gasteiger partial charge in [0.25, 0.3) is 5.91 Å². The van der Waals surface area contributed by atoms with E-state index in [1.54, 1.807) is 30.3 Å². The minimum atomic E-state index is -0.230. The number of hydrogen-bond donors (Lipinski definition) is 1. The van der Waals surface area contributed by atoms with Gasteiger partial charge in [0.2, 0.25) is 0 Å². The normalized spacial score (nSPS) is 10.1. The highest BCUT2D eigenvalue weighted by molar-refractivity contribution is 5.94. The third-order valence-electron chi connectivity index (χ3n) is 2.67. The third kappa shape index (κ3) is 3.17. The quantitative estimate of drug-likeness (QED) is 0.879. The first-order valence-corrected chi connectivity index (χ1v) is 5.84. The maximum absolute atomic E-state index is 13.3. The molecule has 2 rings (SSSR count). The standard InChI is InChI=1S/C15H14FNO/c16-14-9-5-4-6-12(14)10-11-17-15(18)13-7-2-1-3-8-13/h1-9H,10-11H2,(H,17,18). The number of halogens is 1. The van der Waals surface area contributed by atoms with E-state index in [0.717, 1.165) is 0 Å². The maximum Gasteiger partial charge on any atom is 0.251 e. The summed E-state index contributed by atoms with van der Waals surface area (Å²) >= 11 is 0. The number of carbonyl (C=O) groups is 1. The van der Waals surface area contributed by atoms with Crippen LogP contribution in [0.15, 0.2) is 54.6 Å². The van der Waals surface area contributed by atoms with E-state index < -0.39 is 0 Å². The minimum Gasteiger partial charge on any atom is -0.352 e. The van der Waals surface area contributed by atoms with E-state index in [9.17, 15) is 9.18 Å². The highest BCUT2D eigenvalue weighted by atomic mass is 19.1. The molecule has 0 aromatic heterocycles. The highest BCUT2D eigenvalue weighted by Gasteiger charge is 2.04. The van der Waals surface area contributed by atoms with Crippen LogP contribution in [0.3, 0.4) is 0 Å². The number of rotatable bonds is 4. The summed E-state index contributed by atoms with van der Waals surface area (Å²) in [7, 11) is 0. The lowest BCUT2D eigenvalue weighted by Gasteiger charge is -2.06. The monoisotopic (exact) mass is 243 g/mol. The zero-order chi connectivity index (χ0) is 12.8. The van der Waals surface area contributed by atoms with Crippen molar-refractivity contribution in [1.29, 1.82) is 0 Å². The molecule has 3 heteroatoms. The van der Waals surface area contributed by atoms with Crippen molar-refractivity contribution < 1.29 is 9.18 Å². The molecule has 18 heavy (non-hydrogen) atoms. The Morgan fingerprint density at radius 1 is 1.00 bits per heavy atom. The van der Waals surface area contributed by atoms with E-state index in [1.807, 2.05) is 18.2 Å². The van der Waals surface area contributed by atoms with Crippen molar-refractivity contribution in [2.24, 2.45) is 0 Å². The molecular formula is C15H14FNO. The molecule has 0 aliphatic rings. The molecule has 0 heterocycles. The molecule has 1 amide bonds. The lowest BCUT2D eigenvalue weighted by molar-refractivity contribution is 0.0954. The summed E-state index contributed by atoms with van der Waals surface area (Å²) in [5.74, 6) is -0.363. The molecule has 0 bridgehead atoms. The van der Waals surface area contributed by atoms with Crippen LogP contribution in [0.1, 0.15) is 15.9 Å². The summed E-state index contributed by atoms with van der Waals surface area (Å²) in [6.45, 7) is 0.425. The predicted octanol–water partition coefficient (Wildman–Crippen LogP) is 2.80. The van der Waals surface area contributed by atoms with Gasteiger partial charge in [0.1, 0.15) is 5.82 Å². The van der Waals surface area contributed by atoms with Gasteiger partial charge in [-0.25, -0.2) is 4.39 Å². The van der Waals surface area contributed by atoms with Gasteiger partial charge in [0, 0.05) is 12.1 Å². The largest absolute Gasteiger partial charge is 0.352 e. The van der Waals surface area contributed by atoms with Crippen LogP contribution >= 0.6 is 0 Å². The Balaban J connectivity index is 1.86. The first-order chi connectivity index (χ1) is 8.77. The van der Waals surface area contributed by atoms with Crippen LogP contribution in [0.25, 0.3) is 0 Å². The first-order valence-electron chi connectivity index (χ1n) is 5.84. The van der Waals surface area contributed by atoms with Gasteiger partial charge in [-0.15, -0.1) is 0 Å². The van der Waals surface area contributed by atoms with E-state index in [0.29, 0.717) is 24.1 Å². The second kappa shape index (κ2) is 5.96. The van der Waals surface area contributed by atoms with E-state index in [-0.39, 0.29) is 11.7 Å². The maximum atomic E-state index is 13.3. The van der Waals surface area contributed by atoms with Crippen molar-refractivity contribution in [2.75, 3.05) is 6.54 Å². The molecule has 2 aromatic carbocycles. The molecule has 0 saturated heterocycles. The van der Waals surface area contributed by atoms with Crippen LogP contribution in [0, 0.1) is 5.82 Å². The molecule has 0 atom stereocenters. The molecule has 0 fully saturated rings. The summed E-state index contributed by atoms with van der Waals surface area (Å²) in [5.41, 5.74) is 1.23. The van der Waals surface area contributed by atoms with E-state index in [4.69, 9.17) is 0 Å². The Morgan fingerprint density at radius 2 is 1.67 bits per heavy atom. The summed E-state index contributed by atoms with van der Waals surface area (Å²) in [4.78, 5) is 11.7. The van der Waals surface area contributed by atoms with Gasteiger partial charge >= 0.3 is 0 Å². The molecule has 2 nitrogen and oxygen atoms in total. The van der Waals surface area contributed by atoms with E-state index in [1.165, 1.54) is 6.07 Å². The number of amides is 1. The molecule has 1 N–H and O–H groups in total. The van der Waals surface area contributed by atoms with Crippen molar-refractivity contribution in [3.05, 3.63) is 71.5 Å². The summed E-state index contributed by atoms with van der Waals surface area (Å²) in [5, 5.41) is 2.77. The lowest BCUT2D eigenvalue weighted by Crippen LogP contribution is -2.25. The second-order valence-electron chi connectivity index (χ2n) is 3.96.